The Bertz CT molecular complexity index is 543. The third-order valence-corrected chi connectivity index (χ3v) is 3.02. The minimum Gasteiger partial charge on any atom is -0.289 e. The number of ketones is 1. The molecule has 0 aliphatic heterocycles. The molecule has 2 nitrogen and oxygen atoms in total. The van der Waals surface area contributed by atoms with Gasteiger partial charge in [-0.1, -0.05) is 37.6 Å². The molecular weight excluding hydrogens is 222 g/mol. The second-order valence-corrected chi connectivity index (χ2v) is 4.47. The zero-order chi connectivity index (χ0) is 13.0. The number of carbonyl (C=O) groups excluding carboxylic acids is 1. The van der Waals surface area contributed by atoms with Crippen LogP contribution in [0, 0.1) is 6.92 Å². The number of aryl methyl sites for hydroxylation is 2. The molecule has 0 saturated heterocycles. The molecule has 0 fully saturated rings. The number of pyridine rings is 1. The number of hydrogen-bond donors (Lipinski definition) is 0. The van der Waals surface area contributed by atoms with Crippen LogP contribution in [0.2, 0.25) is 0 Å². The maximum absolute atomic E-state index is 12.3. The average molecular weight is 239 g/mol. The smallest absolute Gasteiger partial charge is 0.193 e. The molecule has 2 aromatic rings. The topological polar surface area (TPSA) is 30.0 Å². The van der Waals surface area contributed by atoms with Gasteiger partial charge in [0.05, 0.1) is 0 Å². The normalized spacial score (nSPS) is 10.3. The van der Waals surface area contributed by atoms with E-state index in [0.29, 0.717) is 0 Å². The summed E-state index contributed by atoms with van der Waals surface area (Å²) in [4.78, 5) is 16.3. The van der Waals surface area contributed by atoms with Crippen molar-refractivity contribution < 1.29 is 4.79 Å². The van der Waals surface area contributed by atoms with Crippen LogP contribution >= 0.6 is 0 Å². The summed E-state index contributed by atoms with van der Waals surface area (Å²) in [6.45, 7) is 4.06. The van der Waals surface area contributed by atoms with Crippen molar-refractivity contribution in [2.75, 3.05) is 0 Å². The molecule has 0 radical (unpaired) electrons. The summed E-state index contributed by atoms with van der Waals surface area (Å²) < 4.78 is 0. The fourth-order valence-electron chi connectivity index (χ4n) is 2.00. The van der Waals surface area contributed by atoms with Gasteiger partial charge in [0.15, 0.2) is 5.78 Å². The van der Waals surface area contributed by atoms with Gasteiger partial charge >= 0.3 is 0 Å². The Labute approximate surface area is 108 Å². The molecule has 18 heavy (non-hydrogen) atoms. The Morgan fingerprint density at radius 2 is 1.89 bits per heavy atom. The average Bonchev–Trinajstić information content (AvgIpc) is 2.40. The Hall–Kier alpha value is -1.96. The van der Waals surface area contributed by atoms with E-state index in [0.717, 1.165) is 29.5 Å². The molecule has 0 bridgehead atoms. The molecule has 2 rings (SSSR count). The summed E-state index contributed by atoms with van der Waals surface area (Å²) in [5.74, 6) is 0.0675. The molecule has 0 atom stereocenters. The molecular formula is C16H17NO. The quantitative estimate of drug-likeness (QED) is 0.763. The van der Waals surface area contributed by atoms with E-state index in [9.17, 15) is 4.79 Å². The molecule has 0 N–H and O–H groups in total. The van der Waals surface area contributed by atoms with Crippen molar-refractivity contribution in [3.63, 3.8) is 0 Å². The lowest BCUT2D eigenvalue weighted by Gasteiger charge is -2.05. The van der Waals surface area contributed by atoms with Gasteiger partial charge in [-0.2, -0.15) is 0 Å². The molecule has 1 heterocycles. The summed E-state index contributed by atoms with van der Waals surface area (Å²) >= 11 is 0. The molecule has 1 aromatic carbocycles. The van der Waals surface area contributed by atoms with E-state index in [-0.39, 0.29) is 5.78 Å². The standard InChI is InChI=1S/C16H17NO/c1-3-4-13-5-7-14(8-6-13)16(18)15-9-10-17-11-12(15)2/h5-11H,3-4H2,1-2H3. The number of rotatable bonds is 4. The van der Waals surface area contributed by atoms with Gasteiger partial charge in [0.1, 0.15) is 0 Å². The highest BCUT2D eigenvalue weighted by Gasteiger charge is 2.11. The third kappa shape index (κ3) is 2.65. The Kier molecular flexibility index (Phi) is 3.88. The van der Waals surface area contributed by atoms with Crippen LogP contribution in [0.25, 0.3) is 0 Å². The van der Waals surface area contributed by atoms with E-state index in [4.69, 9.17) is 0 Å². The lowest BCUT2D eigenvalue weighted by molar-refractivity contribution is 0.103. The van der Waals surface area contributed by atoms with Gasteiger partial charge in [0, 0.05) is 23.5 Å². The van der Waals surface area contributed by atoms with Crippen molar-refractivity contribution in [2.24, 2.45) is 0 Å². The van der Waals surface area contributed by atoms with E-state index in [1.807, 2.05) is 31.2 Å². The minimum atomic E-state index is 0.0675. The summed E-state index contributed by atoms with van der Waals surface area (Å²) in [6, 6.07) is 9.67. The molecule has 1 aromatic heterocycles. The molecule has 92 valence electrons. The van der Waals surface area contributed by atoms with Gasteiger partial charge in [-0.3, -0.25) is 9.78 Å². The van der Waals surface area contributed by atoms with Crippen molar-refractivity contribution in [3.05, 3.63) is 65.0 Å². The number of benzene rings is 1. The van der Waals surface area contributed by atoms with E-state index >= 15 is 0 Å². The molecule has 0 saturated carbocycles. The summed E-state index contributed by atoms with van der Waals surface area (Å²) in [7, 11) is 0. The van der Waals surface area contributed by atoms with Crippen molar-refractivity contribution in [3.8, 4) is 0 Å². The van der Waals surface area contributed by atoms with Crippen LogP contribution in [0.4, 0.5) is 0 Å². The monoisotopic (exact) mass is 239 g/mol. The van der Waals surface area contributed by atoms with Gasteiger partial charge in [0.25, 0.3) is 0 Å². The summed E-state index contributed by atoms with van der Waals surface area (Å²) in [5, 5.41) is 0. The van der Waals surface area contributed by atoms with Crippen molar-refractivity contribution in [1.82, 2.24) is 4.98 Å². The van der Waals surface area contributed by atoms with Crippen LogP contribution in [0.15, 0.2) is 42.7 Å². The SMILES string of the molecule is CCCc1ccc(C(=O)c2ccncc2C)cc1. The first-order chi connectivity index (χ1) is 8.72. The zero-order valence-electron chi connectivity index (χ0n) is 10.8. The molecule has 0 unspecified atom stereocenters. The molecule has 0 spiro atoms. The molecule has 0 amide bonds. The first kappa shape index (κ1) is 12.5. The molecule has 2 heteroatoms. The fraction of sp³-hybridized carbons (Fsp3) is 0.250. The first-order valence-electron chi connectivity index (χ1n) is 6.26. The van der Waals surface area contributed by atoms with Gasteiger partial charge in [-0.25, -0.2) is 0 Å². The Morgan fingerprint density at radius 3 is 2.50 bits per heavy atom. The second kappa shape index (κ2) is 5.58. The third-order valence-electron chi connectivity index (χ3n) is 3.02. The second-order valence-electron chi connectivity index (χ2n) is 4.47. The van der Waals surface area contributed by atoms with Gasteiger partial charge in [0.2, 0.25) is 0 Å². The first-order valence-corrected chi connectivity index (χ1v) is 6.26. The zero-order valence-corrected chi connectivity index (χ0v) is 10.8. The van der Waals surface area contributed by atoms with Crippen molar-refractivity contribution >= 4 is 5.78 Å². The van der Waals surface area contributed by atoms with Crippen LogP contribution in [-0.4, -0.2) is 10.8 Å². The highest BCUT2D eigenvalue weighted by molar-refractivity contribution is 6.09. The Balaban J connectivity index is 2.27. The maximum atomic E-state index is 12.3. The Morgan fingerprint density at radius 1 is 1.17 bits per heavy atom. The van der Waals surface area contributed by atoms with E-state index in [1.165, 1.54) is 5.56 Å². The number of aromatic nitrogens is 1. The fourth-order valence-corrected chi connectivity index (χ4v) is 2.00. The maximum Gasteiger partial charge on any atom is 0.193 e. The highest BCUT2D eigenvalue weighted by atomic mass is 16.1. The van der Waals surface area contributed by atoms with Crippen LogP contribution in [0.1, 0.15) is 40.4 Å². The van der Waals surface area contributed by atoms with E-state index in [2.05, 4.69) is 11.9 Å². The largest absolute Gasteiger partial charge is 0.289 e. The highest BCUT2D eigenvalue weighted by Crippen LogP contribution is 2.14. The lowest BCUT2D eigenvalue weighted by atomic mass is 9.99. The molecule has 0 aliphatic rings. The van der Waals surface area contributed by atoms with E-state index in [1.54, 1.807) is 18.5 Å². The minimum absolute atomic E-state index is 0.0675. The van der Waals surface area contributed by atoms with Crippen LogP contribution < -0.4 is 0 Å². The van der Waals surface area contributed by atoms with Crippen molar-refractivity contribution in [2.45, 2.75) is 26.7 Å². The van der Waals surface area contributed by atoms with Crippen LogP contribution in [0.3, 0.4) is 0 Å². The summed E-state index contributed by atoms with van der Waals surface area (Å²) in [6.07, 6.45) is 5.56. The van der Waals surface area contributed by atoms with E-state index < -0.39 is 0 Å². The summed E-state index contributed by atoms with van der Waals surface area (Å²) in [5.41, 5.74) is 3.66. The number of carbonyl (C=O) groups is 1. The van der Waals surface area contributed by atoms with Gasteiger partial charge in [-0.05, 0) is 30.5 Å². The number of nitrogens with zero attached hydrogens (tertiary/aromatic N) is 1. The van der Waals surface area contributed by atoms with Gasteiger partial charge in [-0.15, -0.1) is 0 Å². The van der Waals surface area contributed by atoms with Crippen molar-refractivity contribution in [1.29, 1.82) is 0 Å². The number of hydrogen-bond acceptors (Lipinski definition) is 2. The predicted octanol–water partition coefficient (Wildman–Crippen LogP) is 3.57. The molecule has 0 aliphatic carbocycles. The predicted molar refractivity (Wildman–Crippen MR) is 72.8 cm³/mol. The lowest BCUT2D eigenvalue weighted by Crippen LogP contribution is -2.04. The van der Waals surface area contributed by atoms with Gasteiger partial charge < -0.3 is 0 Å². The van der Waals surface area contributed by atoms with Crippen LogP contribution in [-0.2, 0) is 6.42 Å². The van der Waals surface area contributed by atoms with Crippen LogP contribution in [0.5, 0.6) is 0 Å².